The summed E-state index contributed by atoms with van der Waals surface area (Å²) in [5, 5.41) is 20.4. The smallest absolute Gasteiger partial charge is 0.313 e. The lowest BCUT2D eigenvalue weighted by atomic mass is 10.1. The van der Waals surface area contributed by atoms with Crippen LogP contribution in [0.4, 0.5) is 0 Å². The molecular formula is C9H16N4O3S. The fourth-order valence-corrected chi connectivity index (χ4v) is 1.98. The van der Waals surface area contributed by atoms with Gasteiger partial charge in [-0.15, -0.1) is 5.10 Å². The number of carbonyl (C=O) groups is 1. The molecule has 0 spiro atoms. The Morgan fingerprint density at radius 1 is 1.59 bits per heavy atom. The van der Waals surface area contributed by atoms with Crippen LogP contribution in [0, 0.1) is 5.92 Å². The molecule has 1 aromatic rings. The molecule has 0 aliphatic rings. The maximum atomic E-state index is 10.5. The van der Waals surface area contributed by atoms with Crippen LogP contribution < -0.4 is 0 Å². The van der Waals surface area contributed by atoms with E-state index < -0.39 is 5.97 Å². The molecule has 0 fully saturated rings. The van der Waals surface area contributed by atoms with E-state index in [-0.39, 0.29) is 11.8 Å². The van der Waals surface area contributed by atoms with Gasteiger partial charge < -0.3 is 9.84 Å². The molecule has 1 N–H and O–H groups in total. The average molecular weight is 260 g/mol. The second kappa shape index (κ2) is 6.55. The monoisotopic (exact) mass is 260 g/mol. The van der Waals surface area contributed by atoms with E-state index in [1.807, 2.05) is 13.8 Å². The molecule has 0 aliphatic heterocycles. The highest BCUT2D eigenvalue weighted by Gasteiger charge is 2.21. The van der Waals surface area contributed by atoms with E-state index in [1.54, 1.807) is 11.8 Å². The van der Waals surface area contributed by atoms with E-state index in [0.29, 0.717) is 17.7 Å². The fraction of sp³-hybridized carbons (Fsp3) is 0.778. The third-order valence-corrected chi connectivity index (χ3v) is 3.13. The van der Waals surface area contributed by atoms with Gasteiger partial charge in [0.1, 0.15) is 0 Å². The molecule has 1 aromatic heterocycles. The Kier molecular flexibility index (Phi) is 5.36. The zero-order valence-electron chi connectivity index (χ0n) is 10.0. The number of hydrogen-bond acceptors (Lipinski definition) is 6. The fourth-order valence-electron chi connectivity index (χ4n) is 1.33. The Morgan fingerprint density at radius 3 is 2.82 bits per heavy atom. The van der Waals surface area contributed by atoms with Crippen LogP contribution in [-0.2, 0) is 9.53 Å². The van der Waals surface area contributed by atoms with Crippen molar-refractivity contribution in [2.24, 2.45) is 5.92 Å². The van der Waals surface area contributed by atoms with Crippen molar-refractivity contribution in [3.63, 3.8) is 0 Å². The van der Waals surface area contributed by atoms with Gasteiger partial charge in [0, 0.05) is 7.11 Å². The van der Waals surface area contributed by atoms with Gasteiger partial charge in [-0.25, -0.2) is 4.68 Å². The van der Waals surface area contributed by atoms with Crippen LogP contribution in [-0.4, -0.2) is 50.8 Å². The largest absolute Gasteiger partial charge is 0.481 e. The van der Waals surface area contributed by atoms with Crippen LogP contribution in [0.15, 0.2) is 5.16 Å². The van der Waals surface area contributed by atoms with Gasteiger partial charge in [-0.05, 0) is 16.3 Å². The van der Waals surface area contributed by atoms with Crippen molar-refractivity contribution in [3.8, 4) is 0 Å². The van der Waals surface area contributed by atoms with Crippen molar-refractivity contribution in [1.82, 2.24) is 20.2 Å². The quantitative estimate of drug-likeness (QED) is 0.721. The second-order valence-corrected chi connectivity index (χ2v) is 4.80. The number of hydrogen-bond donors (Lipinski definition) is 1. The van der Waals surface area contributed by atoms with Crippen LogP contribution in [0.2, 0.25) is 0 Å². The van der Waals surface area contributed by atoms with E-state index in [0.717, 1.165) is 11.8 Å². The molecule has 0 saturated heterocycles. The van der Waals surface area contributed by atoms with Crippen LogP contribution in [0.5, 0.6) is 0 Å². The standard InChI is InChI=1S/C9H16N4O3S/c1-6(2)7(4-16-3)13-9(10-11-12-13)17-5-8(14)15/h6-7H,4-5H2,1-3H3,(H,14,15). The second-order valence-electron chi connectivity index (χ2n) is 3.86. The summed E-state index contributed by atoms with van der Waals surface area (Å²) in [7, 11) is 1.61. The number of rotatable bonds is 7. The zero-order chi connectivity index (χ0) is 12.8. The molecule has 0 amide bonds. The van der Waals surface area contributed by atoms with Gasteiger partial charge in [-0.3, -0.25) is 4.79 Å². The van der Waals surface area contributed by atoms with Crippen LogP contribution in [0.25, 0.3) is 0 Å². The molecule has 0 saturated carbocycles. The zero-order valence-corrected chi connectivity index (χ0v) is 10.8. The van der Waals surface area contributed by atoms with Gasteiger partial charge in [0.2, 0.25) is 5.16 Å². The normalized spacial score (nSPS) is 12.9. The average Bonchev–Trinajstić information content (AvgIpc) is 2.70. The molecule has 0 radical (unpaired) electrons. The van der Waals surface area contributed by atoms with Gasteiger partial charge in [-0.1, -0.05) is 25.6 Å². The lowest BCUT2D eigenvalue weighted by Crippen LogP contribution is -2.22. The number of ether oxygens (including phenoxy) is 1. The van der Waals surface area contributed by atoms with E-state index in [4.69, 9.17) is 9.84 Å². The van der Waals surface area contributed by atoms with Gasteiger partial charge in [-0.2, -0.15) is 0 Å². The lowest BCUT2D eigenvalue weighted by Gasteiger charge is -2.20. The van der Waals surface area contributed by atoms with E-state index >= 15 is 0 Å². The molecule has 1 rings (SSSR count). The topological polar surface area (TPSA) is 90.1 Å². The third-order valence-electron chi connectivity index (χ3n) is 2.21. The maximum absolute atomic E-state index is 10.5. The molecular weight excluding hydrogens is 244 g/mol. The van der Waals surface area contributed by atoms with Gasteiger partial charge in [0.25, 0.3) is 0 Å². The molecule has 0 bridgehead atoms. The van der Waals surface area contributed by atoms with E-state index in [1.165, 1.54) is 0 Å². The number of carboxylic acids is 1. The Morgan fingerprint density at radius 2 is 2.29 bits per heavy atom. The maximum Gasteiger partial charge on any atom is 0.313 e. The Bertz CT molecular complexity index is 369. The Balaban J connectivity index is 2.80. The molecule has 1 unspecified atom stereocenters. The molecule has 96 valence electrons. The Hall–Kier alpha value is -1.15. The van der Waals surface area contributed by atoms with Crippen LogP contribution >= 0.6 is 11.8 Å². The molecule has 8 heteroatoms. The van der Waals surface area contributed by atoms with Gasteiger partial charge in [0.15, 0.2) is 0 Å². The molecule has 1 atom stereocenters. The summed E-state index contributed by atoms with van der Waals surface area (Å²) in [4.78, 5) is 10.5. The highest BCUT2D eigenvalue weighted by Crippen LogP contribution is 2.23. The summed E-state index contributed by atoms with van der Waals surface area (Å²) in [5.74, 6) is -0.655. The summed E-state index contributed by atoms with van der Waals surface area (Å²) >= 11 is 1.11. The summed E-state index contributed by atoms with van der Waals surface area (Å²) in [5.41, 5.74) is 0. The Labute approximate surface area is 104 Å². The number of aromatic nitrogens is 4. The third kappa shape index (κ3) is 3.97. The first-order chi connectivity index (χ1) is 8.06. The SMILES string of the molecule is COCC(C(C)C)n1nnnc1SCC(=O)O. The highest BCUT2D eigenvalue weighted by atomic mass is 32.2. The van der Waals surface area contributed by atoms with E-state index in [2.05, 4.69) is 15.5 Å². The molecule has 7 nitrogen and oxygen atoms in total. The molecule has 17 heavy (non-hydrogen) atoms. The van der Waals surface area contributed by atoms with Crippen molar-refractivity contribution in [1.29, 1.82) is 0 Å². The lowest BCUT2D eigenvalue weighted by molar-refractivity contribution is -0.133. The predicted molar refractivity (Wildman–Crippen MR) is 61.9 cm³/mol. The number of methoxy groups -OCH3 is 1. The highest BCUT2D eigenvalue weighted by molar-refractivity contribution is 7.99. The van der Waals surface area contributed by atoms with Crippen molar-refractivity contribution >= 4 is 17.7 Å². The van der Waals surface area contributed by atoms with Gasteiger partial charge in [0.05, 0.1) is 18.4 Å². The van der Waals surface area contributed by atoms with Gasteiger partial charge >= 0.3 is 5.97 Å². The molecule has 0 aliphatic carbocycles. The van der Waals surface area contributed by atoms with Crippen LogP contribution in [0.3, 0.4) is 0 Å². The molecule has 0 aromatic carbocycles. The van der Waals surface area contributed by atoms with Crippen LogP contribution in [0.1, 0.15) is 19.9 Å². The first kappa shape index (κ1) is 13.9. The summed E-state index contributed by atoms with van der Waals surface area (Å²) in [6.45, 7) is 4.57. The number of thioether (sulfide) groups is 1. The number of nitrogens with zero attached hydrogens (tertiary/aromatic N) is 4. The first-order valence-electron chi connectivity index (χ1n) is 5.17. The van der Waals surface area contributed by atoms with Crippen molar-refractivity contribution < 1.29 is 14.6 Å². The van der Waals surface area contributed by atoms with Crippen molar-refractivity contribution in [2.45, 2.75) is 25.0 Å². The molecule has 1 heterocycles. The summed E-state index contributed by atoms with van der Waals surface area (Å²) < 4.78 is 6.75. The summed E-state index contributed by atoms with van der Waals surface area (Å²) in [6, 6.07) is 0.00583. The number of tetrazole rings is 1. The van der Waals surface area contributed by atoms with E-state index in [9.17, 15) is 4.79 Å². The minimum Gasteiger partial charge on any atom is -0.481 e. The van der Waals surface area contributed by atoms with Crippen molar-refractivity contribution in [3.05, 3.63) is 0 Å². The van der Waals surface area contributed by atoms with Crippen molar-refractivity contribution in [2.75, 3.05) is 19.5 Å². The summed E-state index contributed by atoms with van der Waals surface area (Å²) in [6.07, 6.45) is 0. The number of carboxylic acid groups (broad SMARTS) is 1. The number of aliphatic carboxylic acids is 1. The minimum atomic E-state index is -0.891. The minimum absolute atomic E-state index is 0.00583. The predicted octanol–water partition coefficient (Wildman–Crippen LogP) is 0.693. The first-order valence-corrected chi connectivity index (χ1v) is 6.16.